The van der Waals surface area contributed by atoms with Crippen LogP contribution in [0.2, 0.25) is 0 Å². The van der Waals surface area contributed by atoms with Crippen LogP contribution in [0.5, 0.6) is 5.75 Å². The normalized spacial score (nSPS) is 14.8. The zero-order chi connectivity index (χ0) is 16.2. The van der Waals surface area contributed by atoms with Gasteiger partial charge in [-0.3, -0.25) is 4.79 Å². The van der Waals surface area contributed by atoms with Crippen molar-refractivity contribution in [3.8, 4) is 5.75 Å². The third-order valence-electron chi connectivity index (χ3n) is 4.05. The summed E-state index contributed by atoms with van der Waals surface area (Å²) >= 11 is 0. The molecule has 0 fully saturated rings. The largest absolute Gasteiger partial charge is 0.488 e. The fourth-order valence-corrected chi connectivity index (χ4v) is 2.85. The Bertz CT molecular complexity index is 747. The standard InChI is InChI=1S/C20H21NO2/c1-21(2)11-5-8-18-17-7-4-3-6-16(17)14-23-20-10-9-15(13-22)12-19(18)20/h3-4,6-10,12-13H,5,11,14H2,1-2H3/b18-8+. The summed E-state index contributed by atoms with van der Waals surface area (Å²) in [5, 5.41) is 0. The molecule has 0 saturated carbocycles. The van der Waals surface area contributed by atoms with Gasteiger partial charge >= 0.3 is 0 Å². The maximum atomic E-state index is 11.2. The number of carbonyl (C=O) groups is 1. The summed E-state index contributed by atoms with van der Waals surface area (Å²) in [7, 11) is 4.14. The molecule has 0 unspecified atom stereocenters. The molecule has 2 aromatic rings. The molecule has 1 aliphatic rings. The van der Waals surface area contributed by atoms with E-state index in [0.717, 1.165) is 36.1 Å². The smallest absolute Gasteiger partial charge is 0.150 e. The van der Waals surface area contributed by atoms with Gasteiger partial charge in [-0.1, -0.05) is 30.3 Å². The Morgan fingerprint density at radius 1 is 1.13 bits per heavy atom. The van der Waals surface area contributed by atoms with E-state index in [4.69, 9.17) is 4.74 Å². The van der Waals surface area contributed by atoms with Gasteiger partial charge in [0.1, 0.15) is 18.6 Å². The Hall–Kier alpha value is -2.39. The predicted molar refractivity (Wildman–Crippen MR) is 92.9 cm³/mol. The van der Waals surface area contributed by atoms with Crippen LogP contribution in [0.25, 0.3) is 5.57 Å². The van der Waals surface area contributed by atoms with E-state index in [1.165, 1.54) is 11.1 Å². The summed E-state index contributed by atoms with van der Waals surface area (Å²) in [6, 6.07) is 13.9. The molecule has 118 valence electrons. The summed E-state index contributed by atoms with van der Waals surface area (Å²) in [5.74, 6) is 0.836. The minimum absolute atomic E-state index is 0.550. The highest BCUT2D eigenvalue weighted by molar-refractivity contribution is 5.88. The molecule has 3 nitrogen and oxygen atoms in total. The minimum Gasteiger partial charge on any atom is -0.488 e. The molecule has 0 saturated heterocycles. The Labute approximate surface area is 137 Å². The van der Waals surface area contributed by atoms with Gasteiger partial charge < -0.3 is 9.64 Å². The van der Waals surface area contributed by atoms with E-state index in [2.05, 4.69) is 37.2 Å². The number of rotatable bonds is 4. The molecule has 0 aliphatic carbocycles. The van der Waals surface area contributed by atoms with Crippen molar-refractivity contribution >= 4 is 11.9 Å². The summed E-state index contributed by atoms with van der Waals surface area (Å²) < 4.78 is 5.96. The van der Waals surface area contributed by atoms with Crippen molar-refractivity contribution in [2.24, 2.45) is 0 Å². The van der Waals surface area contributed by atoms with Gasteiger partial charge in [0.05, 0.1) is 0 Å². The van der Waals surface area contributed by atoms with Crippen molar-refractivity contribution in [3.05, 3.63) is 70.8 Å². The highest BCUT2D eigenvalue weighted by atomic mass is 16.5. The first-order valence-electron chi connectivity index (χ1n) is 7.84. The molecule has 23 heavy (non-hydrogen) atoms. The lowest BCUT2D eigenvalue weighted by molar-refractivity contribution is 0.112. The van der Waals surface area contributed by atoms with Crippen molar-refractivity contribution in [2.45, 2.75) is 13.0 Å². The first kappa shape index (κ1) is 15.5. The van der Waals surface area contributed by atoms with Crippen LogP contribution in [-0.2, 0) is 6.61 Å². The van der Waals surface area contributed by atoms with E-state index in [1.54, 1.807) is 6.07 Å². The number of hydrogen-bond acceptors (Lipinski definition) is 3. The van der Waals surface area contributed by atoms with Gasteiger partial charge in [-0.05, 0) is 55.4 Å². The molecule has 0 radical (unpaired) electrons. The monoisotopic (exact) mass is 307 g/mol. The summed E-state index contributed by atoms with van der Waals surface area (Å²) in [6.07, 6.45) is 4.08. The summed E-state index contributed by atoms with van der Waals surface area (Å²) in [4.78, 5) is 13.3. The first-order valence-corrected chi connectivity index (χ1v) is 7.84. The van der Waals surface area contributed by atoms with Crippen LogP contribution >= 0.6 is 0 Å². The molecule has 1 aliphatic heterocycles. The molecule has 0 atom stereocenters. The van der Waals surface area contributed by atoms with Gasteiger partial charge in [-0.15, -0.1) is 0 Å². The molecule has 1 heterocycles. The van der Waals surface area contributed by atoms with Gasteiger partial charge in [0.2, 0.25) is 0 Å². The van der Waals surface area contributed by atoms with Crippen molar-refractivity contribution in [1.82, 2.24) is 4.90 Å². The molecule has 3 heteroatoms. The van der Waals surface area contributed by atoms with Gasteiger partial charge in [0.15, 0.2) is 0 Å². The average Bonchev–Trinajstić information content (AvgIpc) is 2.71. The maximum Gasteiger partial charge on any atom is 0.150 e. The third kappa shape index (κ3) is 3.35. The molecule has 3 rings (SSSR count). The van der Waals surface area contributed by atoms with Crippen LogP contribution in [0.15, 0.2) is 48.5 Å². The number of carbonyl (C=O) groups excluding carboxylic acids is 1. The molecule has 0 bridgehead atoms. The van der Waals surface area contributed by atoms with Crippen LogP contribution in [0.4, 0.5) is 0 Å². The highest BCUT2D eigenvalue weighted by Gasteiger charge is 2.19. The van der Waals surface area contributed by atoms with E-state index in [9.17, 15) is 4.79 Å². The number of ether oxygens (including phenoxy) is 1. The lowest BCUT2D eigenvalue weighted by atomic mass is 9.92. The topological polar surface area (TPSA) is 29.5 Å². The zero-order valence-electron chi connectivity index (χ0n) is 13.6. The fraction of sp³-hybridized carbons (Fsp3) is 0.250. The Morgan fingerprint density at radius 2 is 1.96 bits per heavy atom. The molecule has 0 aromatic heterocycles. The lowest BCUT2D eigenvalue weighted by Crippen LogP contribution is -2.12. The molecule has 0 N–H and O–H groups in total. The molecular formula is C20H21NO2. The van der Waals surface area contributed by atoms with Crippen LogP contribution in [0.1, 0.15) is 33.5 Å². The second-order valence-electron chi connectivity index (χ2n) is 6.03. The van der Waals surface area contributed by atoms with Crippen molar-refractivity contribution in [2.75, 3.05) is 20.6 Å². The number of aldehydes is 1. The molecule has 0 spiro atoms. The fourth-order valence-electron chi connectivity index (χ4n) is 2.85. The SMILES string of the molecule is CN(C)CC/C=C1\c2ccccc2COc2ccc(C=O)cc21. The van der Waals surface area contributed by atoms with E-state index in [-0.39, 0.29) is 0 Å². The first-order chi connectivity index (χ1) is 11.2. The van der Waals surface area contributed by atoms with Gasteiger partial charge in [0, 0.05) is 17.7 Å². The van der Waals surface area contributed by atoms with Gasteiger partial charge in [-0.25, -0.2) is 0 Å². The van der Waals surface area contributed by atoms with E-state index < -0.39 is 0 Å². The van der Waals surface area contributed by atoms with Crippen molar-refractivity contribution in [3.63, 3.8) is 0 Å². The Kier molecular flexibility index (Phi) is 4.58. The van der Waals surface area contributed by atoms with Crippen LogP contribution in [0, 0.1) is 0 Å². The summed E-state index contributed by atoms with van der Waals surface area (Å²) in [6.45, 7) is 1.53. The highest BCUT2D eigenvalue weighted by Crippen LogP contribution is 2.37. The number of fused-ring (bicyclic) bond motifs is 2. The minimum atomic E-state index is 0.550. The van der Waals surface area contributed by atoms with Crippen LogP contribution < -0.4 is 4.74 Å². The number of nitrogens with zero attached hydrogens (tertiary/aromatic N) is 1. The molecule has 0 amide bonds. The quantitative estimate of drug-likeness (QED) is 0.805. The maximum absolute atomic E-state index is 11.2. The van der Waals surface area contributed by atoms with E-state index >= 15 is 0 Å². The Morgan fingerprint density at radius 3 is 2.74 bits per heavy atom. The Balaban J connectivity index is 2.12. The van der Waals surface area contributed by atoms with E-state index in [0.29, 0.717) is 12.2 Å². The summed E-state index contributed by atoms with van der Waals surface area (Å²) in [5.41, 5.74) is 5.18. The molecular weight excluding hydrogens is 286 g/mol. The number of benzene rings is 2. The van der Waals surface area contributed by atoms with Crippen molar-refractivity contribution < 1.29 is 9.53 Å². The van der Waals surface area contributed by atoms with E-state index in [1.807, 2.05) is 24.3 Å². The lowest BCUT2D eigenvalue weighted by Gasteiger charge is -2.12. The predicted octanol–water partition coefficient (Wildman–Crippen LogP) is 3.77. The van der Waals surface area contributed by atoms with Gasteiger partial charge in [-0.2, -0.15) is 0 Å². The zero-order valence-corrected chi connectivity index (χ0v) is 13.6. The number of hydrogen-bond donors (Lipinski definition) is 0. The third-order valence-corrected chi connectivity index (χ3v) is 4.05. The van der Waals surface area contributed by atoms with Crippen LogP contribution in [-0.4, -0.2) is 31.8 Å². The van der Waals surface area contributed by atoms with Gasteiger partial charge in [0.25, 0.3) is 0 Å². The van der Waals surface area contributed by atoms with Crippen LogP contribution in [0.3, 0.4) is 0 Å². The second kappa shape index (κ2) is 6.80. The van der Waals surface area contributed by atoms with Crippen molar-refractivity contribution in [1.29, 1.82) is 0 Å². The average molecular weight is 307 g/mol. The molecule has 2 aromatic carbocycles. The second-order valence-corrected chi connectivity index (χ2v) is 6.03.